The molecule has 0 fully saturated rings. The Morgan fingerprint density at radius 2 is 1.89 bits per heavy atom. The number of hydrogen-bond acceptors (Lipinski definition) is 4. The fourth-order valence-corrected chi connectivity index (χ4v) is 3.01. The number of benzene rings is 1. The molecule has 0 bridgehead atoms. The van der Waals surface area contributed by atoms with Crippen molar-refractivity contribution in [2.75, 3.05) is 25.0 Å². The molecule has 0 atom stereocenters. The van der Waals surface area contributed by atoms with E-state index in [1.807, 2.05) is 6.07 Å². The van der Waals surface area contributed by atoms with Gasteiger partial charge in [0.05, 0.1) is 5.69 Å². The Balaban J connectivity index is 2.68. The van der Waals surface area contributed by atoms with Crippen LogP contribution in [0.2, 0.25) is 0 Å². The molecule has 0 aliphatic carbocycles. The van der Waals surface area contributed by atoms with E-state index in [9.17, 15) is 8.42 Å². The van der Waals surface area contributed by atoms with Crippen LogP contribution in [0.15, 0.2) is 29.2 Å². The average molecular weight is 285 g/mol. The highest BCUT2D eigenvalue weighted by atomic mass is 32.2. The molecule has 1 aromatic rings. The van der Waals surface area contributed by atoms with Crippen molar-refractivity contribution in [3.8, 4) is 0 Å². The zero-order valence-corrected chi connectivity index (χ0v) is 12.2. The molecule has 0 aliphatic rings. The van der Waals surface area contributed by atoms with Crippen molar-refractivity contribution >= 4 is 15.7 Å². The number of unbranched alkanes of at least 4 members (excludes halogenated alkanes) is 2. The van der Waals surface area contributed by atoms with Gasteiger partial charge in [-0.3, -0.25) is 0 Å². The first kappa shape index (κ1) is 15.9. The molecule has 0 saturated heterocycles. The Hall–Kier alpha value is -1.11. The lowest BCUT2D eigenvalue weighted by atomic mass is 10.2. The van der Waals surface area contributed by atoms with Crippen molar-refractivity contribution in [2.24, 2.45) is 5.73 Å². The predicted molar refractivity (Wildman–Crippen MR) is 78.7 cm³/mol. The molecule has 5 nitrogen and oxygen atoms in total. The lowest BCUT2D eigenvalue weighted by molar-refractivity contribution is 0.584. The predicted octanol–water partition coefficient (Wildman–Crippen LogP) is 1.53. The van der Waals surface area contributed by atoms with Gasteiger partial charge in [-0.15, -0.1) is 0 Å². The summed E-state index contributed by atoms with van der Waals surface area (Å²) in [7, 11) is -3.42. The summed E-state index contributed by atoms with van der Waals surface area (Å²) in [6, 6.07) is 6.95. The average Bonchev–Trinajstić information content (AvgIpc) is 2.39. The largest absolute Gasteiger partial charge is 0.384 e. The smallest absolute Gasteiger partial charge is 0.242 e. The van der Waals surface area contributed by atoms with E-state index in [2.05, 4.69) is 10.0 Å². The number of hydrogen-bond donors (Lipinski definition) is 3. The standard InChI is InChI=1S/C13H23N3O2S/c1-2-16-19(17,18)13-9-5-4-8-12(13)15-11-7-3-6-10-14/h4-5,8-9,15-16H,2-3,6-7,10-11,14H2,1H3. The number of nitrogens with one attached hydrogen (secondary N) is 2. The molecule has 0 unspecified atom stereocenters. The molecule has 0 aromatic heterocycles. The van der Waals surface area contributed by atoms with Gasteiger partial charge in [0.25, 0.3) is 0 Å². The Morgan fingerprint density at radius 3 is 2.58 bits per heavy atom. The van der Waals surface area contributed by atoms with Gasteiger partial charge in [-0.25, -0.2) is 13.1 Å². The molecule has 4 N–H and O–H groups in total. The molecule has 108 valence electrons. The van der Waals surface area contributed by atoms with Crippen molar-refractivity contribution < 1.29 is 8.42 Å². The van der Waals surface area contributed by atoms with E-state index in [1.165, 1.54) is 0 Å². The first-order valence-electron chi connectivity index (χ1n) is 6.64. The van der Waals surface area contributed by atoms with E-state index in [-0.39, 0.29) is 0 Å². The van der Waals surface area contributed by atoms with Gasteiger partial charge < -0.3 is 11.1 Å². The van der Waals surface area contributed by atoms with E-state index in [0.717, 1.165) is 25.8 Å². The minimum Gasteiger partial charge on any atom is -0.384 e. The summed E-state index contributed by atoms with van der Waals surface area (Å²) in [5.74, 6) is 0. The fourth-order valence-electron chi connectivity index (χ4n) is 1.78. The normalized spacial score (nSPS) is 11.5. The molecule has 0 spiro atoms. The lowest BCUT2D eigenvalue weighted by Crippen LogP contribution is -2.24. The Kier molecular flexibility index (Phi) is 6.83. The van der Waals surface area contributed by atoms with Crippen LogP contribution in [0.4, 0.5) is 5.69 Å². The number of anilines is 1. The van der Waals surface area contributed by atoms with Gasteiger partial charge in [-0.2, -0.15) is 0 Å². The summed E-state index contributed by atoms with van der Waals surface area (Å²) in [4.78, 5) is 0.302. The molecule has 0 saturated carbocycles. The molecule has 0 radical (unpaired) electrons. The highest BCUT2D eigenvalue weighted by Gasteiger charge is 2.16. The third-order valence-corrected chi connectivity index (χ3v) is 4.31. The first-order valence-corrected chi connectivity index (χ1v) is 8.12. The van der Waals surface area contributed by atoms with Crippen LogP contribution in [0.5, 0.6) is 0 Å². The third kappa shape index (κ3) is 5.18. The van der Waals surface area contributed by atoms with Crippen molar-refractivity contribution in [3.63, 3.8) is 0 Å². The first-order chi connectivity index (χ1) is 9.11. The lowest BCUT2D eigenvalue weighted by Gasteiger charge is -2.12. The maximum atomic E-state index is 12.0. The number of sulfonamides is 1. The van der Waals surface area contributed by atoms with Crippen LogP contribution in [0.25, 0.3) is 0 Å². The van der Waals surface area contributed by atoms with Crippen LogP contribution in [0.1, 0.15) is 26.2 Å². The van der Waals surface area contributed by atoms with E-state index in [0.29, 0.717) is 23.7 Å². The van der Waals surface area contributed by atoms with Gasteiger partial charge in [0.1, 0.15) is 4.90 Å². The highest BCUT2D eigenvalue weighted by molar-refractivity contribution is 7.89. The fraction of sp³-hybridized carbons (Fsp3) is 0.538. The van der Waals surface area contributed by atoms with Gasteiger partial charge in [0, 0.05) is 13.1 Å². The highest BCUT2D eigenvalue weighted by Crippen LogP contribution is 2.20. The van der Waals surface area contributed by atoms with Crippen LogP contribution >= 0.6 is 0 Å². The summed E-state index contributed by atoms with van der Waals surface area (Å²) < 4.78 is 26.5. The van der Waals surface area contributed by atoms with Crippen molar-refractivity contribution in [1.82, 2.24) is 4.72 Å². The summed E-state index contributed by atoms with van der Waals surface area (Å²) in [6.07, 6.45) is 3.03. The second-order valence-electron chi connectivity index (χ2n) is 4.27. The molecule has 0 heterocycles. The molecule has 0 aliphatic heterocycles. The van der Waals surface area contributed by atoms with Crippen molar-refractivity contribution in [3.05, 3.63) is 24.3 Å². The molecule has 1 rings (SSSR count). The van der Waals surface area contributed by atoms with Gasteiger partial charge in [0.15, 0.2) is 0 Å². The maximum Gasteiger partial charge on any atom is 0.242 e. The number of rotatable bonds is 9. The quantitative estimate of drug-likeness (QED) is 0.601. The zero-order valence-electron chi connectivity index (χ0n) is 11.4. The van der Waals surface area contributed by atoms with E-state index in [1.54, 1.807) is 25.1 Å². The molecule has 0 amide bonds. The van der Waals surface area contributed by atoms with Crippen molar-refractivity contribution in [2.45, 2.75) is 31.1 Å². The zero-order chi connectivity index (χ0) is 14.1. The Morgan fingerprint density at radius 1 is 1.16 bits per heavy atom. The maximum absolute atomic E-state index is 12.0. The summed E-state index contributed by atoms with van der Waals surface area (Å²) in [6.45, 7) is 3.59. The van der Waals surface area contributed by atoms with Gasteiger partial charge in [-0.1, -0.05) is 25.5 Å². The van der Waals surface area contributed by atoms with Crippen LogP contribution in [-0.4, -0.2) is 28.1 Å². The van der Waals surface area contributed by atoms with Crippen molar-refractivity contribution in [1.29, 1.82) is 0 Å². The Labute approximate surface area is 115 Å². The van der Waals surface area contributed by atoms with Crippen LogP contribution in [-0.2, 0) is 10.0 Å². The van der Waals surface area contributed by atoms with Gasteiger partial charge >= 0.3 is 0 Å². The Bertz CT molecular complexity index is 475. The van der Waals surface area contributed by atoms with Crippen LogP contribution in [0.3, 0.4) is 0 Å². The topological polar surface area (TPSA) is 84.2 Å². The van der Waals surface area contributed by atoms with Crippen LogP contribution in [0, 0.1) is 0 Å². The minimum atomic E-state index is -3.42. The van der Waals surface area contributed by atoms with Gasteiger partial charge in [0.2, 0.25) is 10.0 Å². The number of nitrogens with two attached hydrogens (primary N) is 1. The molecule has 1 aromatic carbocycles. The molecule has 19 heavy (non-hydrogen) atoms. The molecular formula is C13H23N3O2S. The summed E-state index contributed by atoms with van der Waals surface area (Å²) >= 11 is 0. The van der Waals surface area contributed by atoms with E-state index < -0.39 is 10.0 Å². The van der Waals surface area contributed by atoms with Gasteiger partial charge in [-0.05, 0) is 31.5 Å². The summed E-state index contributed by atoms with van der Waals surface area (Å²) in [5, 5.41) is 3.18. The molecular weight excluding hydrogens is 262 g/mol. The SMILES string of the molecule is CCNS(=O)(=O)c1ccccc1NCCCCCN. The number of para-hydroxylation sites is 1. The van der Waals surface area contributed by atoms with Crippen LogP contribution < -0.4 is 15.8 Å². The third-order valence-electron chi connectivity index (χ3n) is 2.71. The monoisotopic (exact) mass is 285 g/mol. The molecule has 6 heteroatoms. The second kappa shape index (κ2) is 8.14. The van der Waals surface area contributed by atoms with E-state index in [4.69, 9.17) is 5.73 Å². The summed E-state index contributed by atoms with van der Waals surface area (Å²) in [5.41, 5.74) is 6.08. The van der Waals surface area contributed by atoms with E-state index >= 15 is 0 Å². The second-order valence-corrected chi connectivity index (χ2v) is 6.01. The minimum absolute atomic E-state index is 0.302.